The third-order valence-electron chi connectivity index (χ3n) is 5.64. The van der Waals surface area contributed by atoms with Crippen LogP contribution in [0.15, 0.2) is 48.5 Å². The lowest BCUT2D eigenvalue weighted by molar-refractivity contribution is 0.259. The number of benzene rings is 2. The van der Waals surface area contributed by atoms with E-state index in [1.807, 2.05) is 24.3 Å². The van der Waals surface area contributed by atoms with Crippen molar-refractivity contribution in [3.05, 3.63) is 54.1 Å². The van der Waals surface area contributed by atoms with Crippen LogP contribution in [0.25, 0.3) is 0 Å². The van der Waals surface area contributed by atoms with Gasteiger partial charge in [-0.25, -0.2) is 0 Å². The first-order valence-electron chi connectivity index (χ1n) is 9.86. The molecule has 0 bridgehead atoms. The summed E-state index contributed by atoms with van der Waals surface area (Å²) in [5.41, 5.74) is 8.26. The second-order valence-corrected chi connectivity index (χ2v) is 7.47. The van der Waals surface area contributed by atoms with Gasteiger partial charge in [0.15, 0.2) is 0 Å². The predicted molar refractivity (Wildman–Crippen MR) is 106 cm³/mol. The highest BCUT2D eigenvalue weighted by molar-refractivity contribution is 5.46. The summed E-state index contributed by atoms with van der Waals surface area (Å²) in [5, 5.41) is 0. The van der Waals surface area contributed by atoms with Gasteiger partial charge in [-0.3, -0.25) is 0 Å². The summed E-state index contributed by atoms with van der Waals surface area (Å²) >= 11 is 0. The lowest BCUT2D eigenvalue weighted by atomic mass is 9.66. The zero-order valence-corrected chi connectivity index (χ0v) is 15.5. The molecule has 25 heavy (non-hydrogen) atoms. The maximum Gasteiger partial charge on any atom is 0.131 e. The van der Waals surface area contributed by atoms with Crippen molar-refractivity contribution in [2.45, 2.75) is 70.1 Å². The van der Waals surface area contributed by atoms with Crippen molar-refractivity contribution in [2.24, 2.45) is 0 Å². The first kappa shape index (κ1) is 17.8. The van der Waals surface area contributed by atoms with E-state index >= 15 is 0 Å². The van der Waals surface area contributed by atoms with Crippen LogP contribution in [-0.4, -0.2) is 0 Å². The molecule has 1 aliphatic carbocycles. The second kappa shape index (κ2) is 8.42. The molecule has 3 rings (SSSR count). The number of hydrogen-bond donors (Lipinski definition) is 1. The van der Waals surface area contributed by atoms with E-state index in [-0.39, 0.29) is 5.41 Å². The van der Waals surface area contributed by atoms with Crippen molar-refractivity contribution in [3.8, 4) is 11.5 Å². The lowest BCUT2D eigenvalue weighted by Crippen LogP contribution is -2.29. The van der Waals surface area contributed by atoms with E-state index in [4.69, 9.17) is 10.5 Å². The van der Waals surface area contributed by atoms with Gasteiger partial charge in [-0.05, 0) is 55.0 Å². The molecule has 0 spiro atoms. The maximum absolute atomic E-state index is 6.29. The third-order valence-corrected chi connectivity index (χ3v) is 5.64. The quantitative estimate of drug-likeness (QED) is 0.443. The monoisotopic (exact) mass is 337 g/mol. The molecule has 0 saturated heterocycles. The Balaban J connectivity index is 1.89. The van der Waals surface area contributed by atoms with Gasteiger partial charge < -0.3 is 10.5 Å². The summed E-state index contributed by atoms with van der Waals surface area (Å²) in [5.74, 6) is 1.88. The van der Waals surface area contributed by atoms with E-state index in [0.717, 1.165) is 17.2 Å². The summed E-state index contributed by atoms with van der Waals surface area (Å²) in [4.78, 5) is 0. The third kappa shape index (κ3) is 4.36. The average Bonchev–Trinajstić information content (AvgIpc) is 2.65. The smallest absolute Gasteiger partial charge is 0.131 e. The molecule has 0 radical (unpaired) electrons. The minimum Gasteiger partial charge on any atom is -0.457 e. The first-order chi connectivity index (χ1) is 12.2. The number of anilines is 1. The molecule has 1 aliphatic rings. The Labute approximate surface area is 152 Å². The number of nitrogen functional groups attached to an aromatic ring is 1. The van der Waals surface area contributed by atoms with E-state index in [0.29, 0.717) is 0 Å². The number of hydrogen-bond acceptors (Lipinski definition) is 2. The van der Waals surface area contributed by atoms with Crippen molar-refractivity contribution in [1.82, 2.24) is 0 Å². The summed E-state index contributed by atoms with van der Waals surface area (Å²) < 4.78 is 6.29. The molecule has 0 aromatic heterocycles. The molecule has 1 fully saturated rings. The molecule has 0 amide bonds. The van der Waals surface area contributed by atoms with Crippen molar-refractivity contribution < 1.29 is 4.74 Å². The SMILES string of the molecule is CCCCCC1(c2ccccc2Oc2ccc(N)cc2)CCCCC1. The standard InChI is InChI=1S/C23H31NO/c1-2-3-7-16-23(17-8-4-9-18-23)21-10-5-6-11-22(21)25-20-14-12-19(24)13-15-20/h5-6,10-15H,2-4,7-9,16-18,24H2,1H3. The number of unbranched alkanes of at least 4 members (excludes halogenated alkanes) is 2. The van der Waals surface area contributed by atoms with Crippen LogP contribution in [0.4, 0.5) is 5.69 Å². The Morgan fingerprint density at radius 1 is 0.920 bits per heavy atom. The Hall–Kier alpha value is -1.96. The molecule has 2 aromatic carbocycles. The normalized spacial score (nSPS) is 16.5. The number of ether oxygens (including phenoxy) is 1. The van der Waals surface area contributed by atoms with Gasteiger partial charge in [-0.2, -0.15) is 0 Å². The van der Waals surface area contributed by atoms with E-state index in [2.05, 4.69) is 31.2 Å². The fraction of sp³-hybridized carbons (Fsp3) is 0.478. The highest BCUT2D eigenvalue weighted by Gasteiger charge is 2.35. The van der Waals surface area contributed by atoms with Crippen LogP contribution in [0.1, 0.15) is 70.3 Å². The molecule has 2 nitrogen and oxygen atoms in total. The van der Waals surface area contributed by atoms with Gasteiger partial charge in [-0.1, -0.05) is 63.6 Å². The Bertz CT molecular complexity index is 656. The van der Waals surface area contributed by atoms with Crippen LogP contribution in [-0.2, 0) is 5.41 Å². The molecular weight excluding hydrogens is 306 g/mol. The van der Waals surface area contributed by atoms with E-state index in [1.54, 1.807) is 0 Å². The molecule has 0 atom stereocenters. The van der Waals surface area contributed by atoms with Crippen molar-refractivity contribution >= 4 is 5.69 Å². The average molecular weight is 338 g/mol. The van der Waals surface area contributed by atoms with Crippen molar-refractivity contribution in [2.75, 3.05) is 5.73 Å². The fourth-order valence-corrected chi connectivity index (χ4v) is 4.25. The summed E-state index contributed by atoms with van der Waals surface area (Å²) in [6.07, 6.45) is 11.8. The van der Waals surface area contributed by atoms with Crippen molar-refractivity contribution in [1.29, 1.82) is 0 Å². The van der Waals surface area contributed by atoms with Gasteiger partial charge >= 0.3 is 0 Å². The van der Waals surface area contributed by atoms with Crippen LogP contribution in [0.5, 0.6) is 11.5 Å². The van der Waals surface area contributed by atoms with E-state index in [9.17, 15) is 0 Å². The Morgan fingerprint density at radius 2 is 1.64 bits per heavy atom. The Kier molecular flexibility index (Phi) is 6.01. The molecule has 1 saturated carbocycles. The molecule has 0 unspecified atom stereocenters. The number of nitrogens with two attached hydrogens (primary N) is 1. The molecule has 2 heteroatoms. The molecule has 2 N–H and O–H groups in total. The van der Waals surface area contributed by atoms with Crippen molar-refractivity contribution in [3.63, 3.8) is 0 Å². The minimum absolute atomic E-state index is 0.290. The van der Waals surface area contributed by atoms with Gasteiger partial charge in [0.1, 0.15) is 11.5 Å². The van der Waals surface area contributed by atoms with Crippen LogP contribution < -0.4 is 10.5 Å². The highest BCUT2D eigenvalue weighted by Crippen LogP contribution is 2.47. The fourth-order valence-electron chi connectivity index (χ4n) is 4.25. The topological polar surface area (TPSA) is 35.2 Å². The second-order valence-electron chi connectivity index (χ2n) is 7.47. The van der Waals surface area contributed by atoms with Gasteiger partial charge in [-0.15, -0.1) is 0 Å². The molecule has 134 valence electrons. The number of rotatable bonds is 7. The molecule has 2 aromatic rings. The van der Waals surface area contributed by atoms with Crippen LogP contribution in [0.3, 0.4) is 0 Å². The minimum atomic E-state index is 0.290. The van der Waals surface area contributed by atoms with Crippen LogP contribution >= 0.6 is 0 Å². The highest BCUT2D eigenvalue weighted by atomic mass is 16.5. The van der Waals surface area contributed by atoms with Gasteiger partial charge in [0, 0.05) is 11.3 Å². The summed E-state index contributed by atoms with van der Waals surface area (Å²) in [7, 11) is 0. The number of para-hydroxylation sites is 1. The maximum atomic E-state index is 6.29. The van der Waals surface area contributed by atoms with E-state index in [1.165, 1.54) is 63.4 Å². The zero-order valence-electron chi connectivity index (χ0n) is 15.5. The van der Waals surface area contributed by atoms with E-state index < -0.39 is 0 Å². The summed E-state index contributed by atoms with van der Waals surface area (Å²) in [6.45, 7) is 2.28. The summed E-state index contributed by atoms with van der Waals surface area (Å²) in [6, 6.07) is 16.4. The first-order valence-corrected chi connectivity index (χ1v) is 9.86. The van der Waals surface area contributed by atoms with Crippen LogP contribution in [0, 0.1) is 0 Å². The molecular formula is C23H31NO. The zero-order chi connectivity index (χ0) is 17.5. The van der Waals surface area contributed by atoms with Gasteiger partial charge in [0.2, 0.25) is 0 Å². The van der Waals surface area contributed by atoms with Gasteiger partial charge in [0.05, 0.1) is 0 Å². The molecule has 0 heterocycles. The predicted octanol–water partition coefficient (Wildman–Crippen LogP) is 6.84. The largest absolute Gasteiger partial charge is 0.457 e. The van der Waals surface area contributed by atoms with Crippen LogP contribution in [0.2, 0.25) is 0 Å². The Morgan fingerprint density at radius 3 is 2.36 bits per heavy atom. The van der Waals surface area contributed by atoms with Gasteiger partial charge in [0.25, 0.3) is 0 Å². The molecule has 0 aliphatic heterocycles. The lowest BCUT2D eigenvalue weighted by Gasteiger charge is -2.39.